The largest absolute Gasteiger partial charge is 0.327 e. The van der Waals surface area contributed by atoms with E-state index in [9.17, 15) is 0 Å². The topological polar surface area (TPSA) is 33.0 Å². The lowest BCUT2D eigenvalue weighted by molar-refractivity contribution is 0.109. The molecule has 0 aromatic rings. The van der Waals surface area contributed by atoms with Crippen molar-refractivity contribution < 1.29 is 4.52 Å². The predicted molar refractivity (Wildman–Crippen MR) is 53.2 cm³/mol. The Morgan fingerprint density at radius 3 is 2.25 bits per heavy atom. The molecule has 0 aromatic heterocycles. The monoisotopic (exact) mass is 227 g/mol. The maximum Gasteiger partial charge on any atom is 0.225 e. The third kappa shape index (κ3) is 5.17. The van der Waals surface area contributed by atoms with Crippen LogP contribution >= 0.6 is 29.3 Å². The van der Waals surface area contributed by atoms with E-state index >= 15 is 0 Å². The minimum absolute atomic E-state index is 0.0971. The van der Waals surface area contributed by atoms with Gasteiger partial charge in [-0.15, -0.1) is 0 Å². The fourth-order valence-electron chi connectivity index (χ4n) is 0.681. The molecule has 1 unspecified atom stereocenters. The van der Waals surface area contributed by atoms with E-state index in [1.54, 1.807) is 0 Å². The van der Waals surface area contributed by atoms with Gasteiger partial charge < -0.3 is 4.52 Å². The minimum Gasteiger partial charge on any atom is -0.327 e. The number of halogens is 2. The van der Waals surface area contributed by atoms with E-state index in [1.807, 2.05) is 26.8 Å². The first kappa shape index (κ1) is 12.5. The van der Waals surface area contributed by atoms with E-state index in [0.717, 1.165) is 0 Å². The molecule has 0 bridgehead atoms. The Balaban J connectivity index is 4.16. The highest BCUT2D eigenvalue weighted by atomic mass is 35.9. The maximum atomic E-state index is 8.50. The SMILES string of the molecule is CC(C)(C)C(CC#N)OP(Cl)Cl. The Kier molecular flexibility index (Phi) is 5.45. The number of nitrogens with zero attached hydrogens (tertiary/aromatic N) is 1. The van der Waals surface area contributed by atoms with Crippen molar-refractivity contribution in [3.8, 4) is 6.07 Å². The molecular weight excluding hydrogens is 216 g/mol. The molecule has 0 saturated carbocycles. The first-order chi connectivity index (χ1) is 5.38. The summed E-state index contributed by atoms with van der Waals surface area (Å²) in [5, 5.41) is 8.50. The standard InChI is InChI=1S/C7H12Cl2NOP/c1-7(2,3)6(4-5-10)11-12(8)9/h6H,4H2,1-3H3. The van der Waals surface area contributed by atoms with Gasteiger partial charge in [0.1, 0.15) is 0 Å². The third-order valence-electron chi connectivity index (χ3n) is 1.45. The van der Waals surface area contributed by atoms with Gasteiger partial charge in [0.15, 0.2) is 0 Å². The fourth-order valence-corrected chi connectivity index (χ4v) is 1.84. The molecule has 0 aliphatic heterocycles. The molecule has 0 saturated heterocycles. The van der Waals surface area contributed by atoms with E-state index in [1.165, 1.54) is 0 Å². The van der Waals surface area contributed by atoms with E-state index < -0.39 is 6.85 Å². The van der Waals surface area contributed by atoms with Crippen molar-refractivity contribution in [2.45, 2.75) is 33.3 Å². The summed E-state index contributed by atoms with van der Waals surface area (Å²) < 4.78 is 5.23. The Hall–Kier alpha value is 0.460. The predicted octanol–water partition coefficient (Wildman–Crippen LogP) is 4.04. The van der Waals surface area contributed by atoms with Gasteiger partial charge in [-0.05, 0) is 27.9 Å². The van der Waals surface area contributed by atoms with Crippen molar-refractivity contribution >= 4 is 29.3 Å². The van der Waals surface area contributed by atoms with Crippen molar-refractivity contribution in [2.75, 3.05) is 0 Å². The molecule has 0 rings (SSSR count). The highest BCUT2D eigenvalue weighted by Gasteiger charge is 2.27. The summed E-state index contributed by atoms with van der Waals surface area (Å²) in [7, 11) is 0. The second kappa shape index (κ2) is 5.25. The summed E-state index contributed by atoms with van der Waals surface area (Å²) in [5.74, 6) is 0. The average Bonchev–Trinajstić information content (AvgIpc) is 1.83. The van der Waals surface area contributed by atoms with Gasteiger partial charge in [0, 0.05) is 0 Å². The Labute approximate surface area is 84.2 Å². The van der Waals surface area contributed by atoms with Gasteiger partial charge in [0.25, 0.3) is 0 Å². The first-order valence-electron chi connectivity index (χ1n) is 3.53. The van der Waals surface area contributed by atoms with Gasteiger partial charge in [-0.2, -0.15) is 5.26 Å². The van der Waals surface area contributed by atoms with Gasteiger partial charge in [-0.1, -0.05) is 20.8 Å². The summed E-state index contributed by atoms with van der Waals surface area (Å²) >= 11 is 11.0. The van der Waals surface area contributed by atoms with Gasteiger partial charge in [0.05, 0.1) is 18.6 Å². The van der Waals surface area contributed by atoms with E-state index in [4.69, 9.17) is 32.3 Å². The van der Waals surface area contributed by atoms with Crippen molar-refractivity contribution in [3.05, 3.63) is 0 Å². The van der Waals surface area contributed by atoms with Crippen LogP contribution in [-0.2, 0) is 4.52 Å². The molecule has 0 spiro atoms. The molecule has 2 nitrogen and oxygen atoms in total. The molecule has 12 heavy (non-hydrogen) atoms. The molecule has 0 aliphatic rings. The summed E-state index contributed by atoms with van der Waals surface area (Å²) in [5.41, 5.74) is -0.0971. The zero-order chi connectivity index (χ0) is 9.78. The quantitative estimate of drug-likeness (QED) is 0.683. The fraction of sp³-hybridized carbons (Fsp3) is 0.857. The van der Waals surface area contributed by atoms with Crippen LogP contribution in [0.4, 0.5) is 0 Å². The van der Waals surface area contributed by atoms with Crippen LogP contribution in [0.5, 0.6) is 0 Å². The lowest BCUT2D eigenvalue weighted by Crippen LogP contribution is -2.26. The number of hydrogen-bond acceptors (Lipinski definition) is 2. The zero-order valence-corrected chi connectivity index (χ0v) is 9.75. The zero-order valence-electron chi connectivity index (χ0n) is 7.34. The summed E-state index contributed by atoms with van der Waals surface area (Å²) in [6, 6.07) is 2.05. The maximum absolute atomic E-state index is 8.50. The van der Waals surface area contributed by atoms with Crippen molar-refractivity contribution in [2.24, 2.45) is 5.41 Å². The molecule has 0 amide bonds. The van der Waals surface area contributed by atoms with Crippen molar-refractivity contribution in [3.63, 3.8) is 0 Å². The van der Waals surface area contributed by atoms with Gasteiger partial charge >= 0.3 is 0 Å². The van der Waals surface area contributed by atoms with Gasteiger partial charge in [0.2, 0.25) is 6.85 Å². The van der Waals surface area contributed by atoms with Crippen LogP contribution in [0.1, 0.15) is 27.2 Å². The van der Waals surface area contributed by atoms with Crippen molar-refractivity contribution in [1.29, 1.82) is 5.26 Å². The van der Waals surface area contributed by atoms with E-state index in [0.29, 0.717) is 6.42 Å². The Morgan fingerprint density at radius 2 is 2.00 bits per heavy atom. The second-order valence-corrected chi connectivity index (χ2v) is 6.50. The number of nitriles is 1. The lowest BCUT2D eigenvalue weighted by atomic mass is 9.88. The van der Waals surface area contributed by atoms with Crippen molar-refractivity contribution in [1.82, 2.24) is 0 Å². The summed E-state index contributed by atoms with van der Waals surface area (Å²) in [6.45, 7) is 4.54. The number of rotatable bonds is 3. The first-order valence-corrected chi connectivity index (χ1v) is 6.60. The van der Waals surface area contributed by atoms with Crippen LogP contribution in [0, 0.1) is 16.7 Å². The summed E-state index contributed by atoms with van der Waals surface area (Å²) in [4.78, 5) is 0. The molecule has 0 radical (unpaired) electrons. The van der Waals surface area contributed by atoms with Gasteiger partial charge in [-0.3, -0.25) is 0 Å². The van der Waals surface area contributed by atoms with Gasteiger partial charge in [-0.25, -0.2) is 0 Å². The average molecular weight is 228 g/mol. The molecule has 0 fully saturated rings. The third-order valence-corrected chi connectivity index (χ3v) is 2.34. The normalized spacial score (nSPS) is 14.4. The summed E-state index contributed by atoms with van der Waals surface area (Å²) in [6.07, 6.45) is 0.130. The highest BCUT2D eigenvalue weighted by molar-refractivity contribution is 8.00. The van der Waals surface area contributed by atoms with E-state index in [2.05, 4.69) is 0 Å². The number of hydrogen-bond donors (Lipinski definition) is 0. The Bertz CT molecular complexity index is 173. The molecule has 5 heteroatoms. The molecule has 0 N–H and O–H groups in total. The van der Waals surface area contributed by atoms with Crippen LogP contribution in [-0.4, -0.2) is 6.10 Å². The highest BCUT2D eigenvalue weighted by Crippen LogP contribution is 2.51. The lowest BCUT2D eigenvalue weighted by Gasteiger charge is -2.28. The van der Waals surface area contributed by atoms with Crippen LogP contribution < -0.4 is 0 Å². The Morgan fingerprint density at radius 1 is 1.50 bits per heavy atom. The van der Waals surface area contributed by atoms with Crippen LogP contribution in [0.25, 0.3) is 0 Å². The molecule has 70 valence electrons. The molecular formula is C7H12Cl2NOP. The van der Waals surface area contributed by atoms with Crippen LogP contribution in [0.15, 0.2) is 0 Å². The van der Waals surface area contributed by atoms with Crippen LogP contribution in [0.3, 0.4) is 0 Å². The molecule has 0 aliphatic carbocycles. The molecule has 1 atom stereocenters. The van der Waals surface area contributed by atoms with E-state index in [-0.39, 0.29) is 11.5 Å². The van der Waals surface area contributed by atoms with Crippen LogP contribution in [0.2, 0.25) is 0 Å². The molecule has 0 aromatic carbocycles. The molecule has 0 heterocycles. The smallest absolute Gasteiger partial charge is 0.225 e. The minimum atomic E-state index is -1.42. The second-order valence-electron chi connectivity index (χ2n) is 3.52.